The average molecular weight is 341 g/mol. The SMILES string of the molecule is C=CCN(CC)[C@H]1Cc2ccc(OC)c3c2C2[C@H](O3)C(=C)CC[C@@]21O. The minimum Gasteiger partial charge on any atom is -0.493 e. The molecule has 1 aromatic rings. The van der Waals surface area contributed by atoms with Crippen LogP contribution in [0.1, 0.15) is 36.8 Å². The smallest absolute Gasteiger partial charge is 0.166 e. The Balaban J connectivity index is 1.88. The van der Waals surface area contributed by atoms with Gasteiger partial charge in [-0.1, -0.05) is 25.6 Å². The molecular formula is C21H27NO3. The highest BCUT2D eigenvalue weighted by Crippen LogP contribution is 2.59. The number of aliphatic hydroxyl groups is 1. The maximum atomic E-state index is 11.9. The van der Waals surface area contributed by atoms with Crippen LogP contribution in [0.25, 0.3) is 0 Å². The van der Waals surface area contributed by atoms with E-state index in [4.69, 9.17) is 9.47 Å². The Morgan fingerprint density at radius 2 is 2.28 bits per heavy atom. The molecule has 0 radical (unpaired) electrons. The summed E-state index contributed by atoms with van der Waals surface area (Å²) in [4.78, 5) is 2.34. The second-order valence-corrected chi connectivity index (χ2v) is 7.43. The predicted molar refractivity (Wildman–Crippen MR) is 98.4 cm³/mol. The number of benzene rings is 1. The number of rotatable bonds is 5. The van der Waals surface area contributed by atoms with Gasteiger partial charge in [0.1, 0.15) is 6.10 Å². The second-order valence-electron chi connectivity index (χ2n) is 7.43. The van der Waals surface area contributed by atoms with E-state index in [9.17, 15) is 5.11 Å². The molecule has 0 amide bonds. The highest BCUT2D eigenvalue weighted by molar-refractivity contribution is 5.60. The lowest BCUT2D eigenvalue weighted by atomic mass is 9.61. The zero-order valence-corrected chi connectivity index (χ0v) is 15.1. The van der Waals surface area contributed by atoms with Gasteiger partial charge in [0.2, 0.25) is 0 Å². The zero-order valence-electron chi connectivity index (χ0n) is 15.1. The molecule has 0 spiro atoms. The van der Waals surface area contributed by atoms with Crippen molar-refractivity contribution in [3.8, 4) is 11.5 Å². The molecule has 0 bridgehead atoms. The molecule has 1 fully saturated rings. The Bertz CT molecular complexity index is 728. The molecule has 1 saturated carbocycles. The fourth-order valence-corrected chi connectivity index (χ4v) is 5.10. The molecule has 0 saturated heterocycles. The lowest BCUT2D eigenvalue weighted by Crippen LogP contribution is -2.62. The standard InChI is InChI=1S/C21H27NO3/c1-5-11-22(6-2)16-12-14-7-8-15(24-4)20-17(14)18-19(25-20)13(3)9-10-21(16,18)23/h5,7-8,16,18-19,23H,1,3,6,9-12H2,2,4H3/t16-,18?,19+,21-/m0/s1. The van der Waals surface area contributed by atoms with E-state index in [2.05, 4.69) is 31.0 Å². The second kappa shape index (κ2) is 5.89. The molecule has 3 aliphatic rings. The molecule has 1 aliphatic heterocycles. The van der Waals surface area contributed by atoms with E-state index < -0.39 is 5.60 Å². The van der Waals surface area contributed by atoms with Crippen molar-refractivity contribution < 1.29 is 14.6 Å². The van der Waals surface area contributed by atoms with Crippen molar-refractivity contribution in [2.24, 2.45) is 0 Å². The zero-order chi connectivity index (χ0) is 17.8. The first-order valence-corrected chi connectivity index (χ1v) is 9.16. The molecule has 4 heteroatoms. The third-order valence-electron chi connectivity index (χ3n) is 6.32. The van der Waals surface area contributed by atoms with Crippen LogP contribution in [0.3, 0.4) is 0 Å². The van der Waals surface area contributed by atoms with Crippen LogP contribution in [0.2, 0.25) is 0 Å². The molecule has 2 aliphatic carbocycles. The van der Waals surface area contributed by atoms with E-state index in [-0.39, 0.29) is 18.1 Å². The van der Waals surface area contributed by atoms with Gasteiger partial charge in [-0.05, 0) is 43.0 Å². The van der Waals surface area contributed by atoms with E-state index in [0.29, 0.717) is 0 Å². The third kappa shape index (κ3) is 2.20. The molecular weight excluding hydrogens is 314 g/mol. The monoisotopic (exact) mass is 341 g/mol. The van der Waals surface area contributed by atoms with E-state index >= 15 is 0 Å². The Morgan fingerprint density at radius 1 is 1.48 bits per heavy atom. The molecule has 0 aromatic heterocycles. The Morgan fingerprint density at radius 3 is 2.96 bits per heavy atom. The first-order chi connectivity index (χ1) is 12.0. The van der Waals surface area contributed by atoms with Crippen molar-refractivity contribution >= 4 is 0 Å². The molecule has 25 heavy (non-hydrogen) atoms. The number of likely N-dealkylation sites (N-methyl/N-ethyl adjacent to an activating group) is 1. The first-order valence-electron chi connectivity index (χ1n) is 9.16. The summed E-state index contributed by atoms with van der Waals surface area (Å²) in [5, 5.41) is 11.9. The van der Waals surface area contributed by atoms with Crippen molar-refractivity contribution in [1.82, 2.24) is 4.90 Å². The van der Waals surface area contributed by atoms with Gasteiger partial charge in [-0.3, -0.25) is 4.90 Å². The molecule has 1 N–H and O–H groups in total. The normalized spacial score (nSPS) is 32.3. The van der Waals surface area contributed by atoms with Crippen LogP contribution < -0.4 is 9.47 Å². The lowest BCUT2D eigenvalue weighted by molar-refractivity contribution is -0.0975. The summed E-state index contributed by atoms with van der Waals surface area (Å²) in [5.74, 6) is 1.49. The topological polar surface area (TPSA) is 41.9 Å². The van der Waals surface area contributed by atoms with Crippen molar-refractivity contribution in [1.29, 1.82) is 0 Å². The minimum atomic E-state index is -0.810. The fraction of sp³-hybridized carbons (Fsp3) is 0.524. The van der Waals surface area contributed by atoms with E-state index in [0.717, 1.165) is 55.0 Å². The summed E-state index contributed by atoms with van der Waals surface area (Å²) < 4.78 is 11.8. The van der Waals surface area contributed by atoms with Crippen LogP contribution in [0.15, 0.2) is 36.9 Å². The van der Waals surface area contributed by atoms with E-state index in [1.54, 1.807) is 7.11 Å². The van der Waals surface area contributed by atoms with Crippen molar-refractivity contribution in [2.45, 2.75) is 49.9 Å². The van der Waals surface area contributed by atoms with Crippen molar-refractivity contribution in [3.05, 3.63) is 48.1 Å². The van der Waals surface area contributed by atoms with Crippen LogP contribution >= 0.6 is 0 Å². The number of ether oxygens (including phenoxy) is 2. The summed E-state index contributed by atoms with van der Waals surface area (Å²) in [7, 11) is 1.67. The number of hydrogen-bond donors (Lipinski definition) is 1. The van der Waals surface area contributed by atoms with E-state index in [1.165, 1.54) is 5.56 Å². The third-order valence-corrected chi connectivity index (χ3v) is 6.32. The van der Waals surface area contributed by atoms with E-state index in [1.807, 2.05) is 12.1 Å². The first kappa shape index (κ1) is 16.7. The Kier molecular flexibility index (Phi) is 3.93. The molecule has 4 atom stereocenters. The molecule has 1 heterocycles. The summed E-state index contributed by atoms with van der Waals surface area (Å²) in [6, 6.07) is 4.18. The van der Waals surface area contributed by atoms with Crippen LogP contribution in [0.5, 0.6) is 11.5 Å². The largest absolute Gasteiger partial charge is 0.493 e. The van der Waals surface area contributed by atoms with Gasteiger partial charge >= 0.3 is 0 Å². The Labute approximate surface area is 149 Å². The van der Waals surface area contributed by atoms with Crippen molar-refractivity contribution in [2.75, 3.05) is 20.2 Å². The highest BCUT2D eigenvalue weighted by Gasteiger charge is 2.60. The molecule has 1 unspecified atom stereocenters. The highest BCUT2D eigenvalue weighted by atomic mass is 16.5. The summed E-state index contributed by atoms with van der Waals surface area (Å²) >= 11 is 0. The minimum absolute atomic E-state index is 0.0616. The maximum absolute atomic E-state index is 11.9. The van der Waals surface area contributed by atoms with Gasteiger partial charge in [0.05, 0.1) is 18.6 Å². The van der Waals surface area contributed by atoms with Crippen LogP contribution in [-0.2, 0) is 6.42 Å². The summed E-state index contributed by atoms with van der Waals surface area (Å²) in [6.07, 6.45) is 4.11. The van der Waals surface area contributed by atoms with Gasteiger partial charge in [0.15, 0.2) is 11.5 Å². The number of methoxy groups -OCH3 is 1. The number of hydrogen-bond acceptors (Lipinski definition) is 4. The van der Waals surface area contributed by atoms with Gasteiger partial charge < -0.3 is 14.6 Å². The quantitative estimate of drug-likeness (QED) is 0.836. The van der Waals surface area contributed by atoms with Crippen LogP contribution in [-0.4, -0.2) is 48.0 Å². The predicted octanol–water partition coefficient (Wildman–Crippen LogP) is 3.05. The van der Waals surface area contributed by atoms with Crippen LogP contribution in [0, 0.1) is 0 Å². The summed E-state index contributed by atoms with van der Waals surface area (Å²) in [6.45, 7) is 11.9. The molecule has 4 rings (SSSR count). The maximum Gasteiger partial charge on any atom is 0.166 e. The molecule has 1 aromatic carbocycles. The molecule has 4 nitrogen and oxygen atoms in total. The van der Waals surface area contributed by atoms with Gasteiger partial charge in [0, 0.05) is 18.2 Å². The van der Waals surface area contributed by atoms with Crippen LogP contribution in [0.4, 0.5) is 0 Å². The average Bonchev–Trinajstić information content (AvgIpc) is 3.03. The number of nitrogens with zero attached hydrogens (tertiary/aromatic N) is 1. The van der Waals surface area contributed by atoms with Gasteiger partial charge in [-0.2, -0.15) is 0 Å². The summed E-state index contributed by atoms with van der Waals surface area (Å²) in [5.41, 5.74) is 2.66. The fourth-order valence-electron chi connectivity index (χ4n) is 5.10. The molecule has 134 valence electrons. The van der Waals surface area contributed by atoms with Crippen molar-refractivity contribution in [3.63, 3.8) is 0 Å². The van der Waals surface area contributed by atoms with Gasteiger partial charge in [-0.25, -0.2) is 0 Å². The Hall–Kier alpha value is -1.78. The van der Waals surface area contributed by atoms with Gasteiger partial charge in [0.25, 0.3) is 0 Å². The lowest BCUT2D eigenvalue weighted by Gasteiger charge is -2.52. The van der Waals surface area contributed by atoms with Gasteiger partial charge in [-0.15, -0.1) is 6.58 Å².